The van der Waals surface area contributed by atoms with Crippen molar-refractivity contribution < 1.29 is 19.0 Å². The number of methoxy groups -OCH3 is 3. The highest BCUT2D eigenvalue weighted by atomic mass is 35.5. The highest BCUT2D eigenvalue weighted by Gasteiger charge is 2.27. The van der Waals surface area contributed by atoms with Gasteiger partial charge in [0.05, 0.1) is 20.8 Å². The molecule has 0 bridgehead atoms. The number of carbonyl (C=O) groups is 1. The zero-order valence-electron chi connectivity index (χ0n) is 14.8. The topological polar surface area (TPSA) is 56.8 Å². The minimum atomic E-state index is -0.697. The molecule has 25 heavy (non-hydrogen) atoms. The van der Waals surface area contributed by atoms with Crippen LogP contribution in [0.3, 0.4) is 0 Å². The van der Waals surface area contributed by atoms with Crippen molar-refractivity contribution in [1.82, 2.24) is 5.32 Å². The van der Waals surface area contributed by atoms with Crippen LogP contribution < -0.4 is 14.8 Å². The maximum absolute atomic E-state index is 12.5. The van der Waals surface area contributed by atoms with Crippen LogP contribution in [-0.2, 0) is 10.3 Å². The van der Waals surface area contributed by atoms with E-state index < -0.39 is 5.60 Å². The number of rotatable bonds is 7. The van der Waals surface area contributed by atoms with Crippen LogP contribution in [0.15, 0.2) is 42.5 Å². The fourth-order valence-corrected chi connectivity index (χ4v) is 2.63. The molecule has 2 rings (SSSR count). The first kappa shape index (κ1) is 19.1. The van der Waals surface area contributed by atoms with Gasteiger partial charge in [-0.3, -0.25) is 4.79 Å². The van der Waals surface area contributed by atoms with Crippen LogP contribution in [0.2, 0.25) is 5.02 Å². The predicted molar refractivity (Wildman–Crippen MR) is 97.7 cm³/mol. The summed E-state index contributed by atoms with van der Waals surface area (Å²) in [5.74, 6) is 0.838. The SMILES string of the molecule is COc1ccc(C(=O)NCC(C)(OC)c2cccc(Cl)c2)cc1OC. The summed E-state index contributed by atoms with van der Waals surface area (Å²) in [6.45, 7) is 2.19. The molecule has 0 radical (unpaired) electrons. The second kappa shape index (κ2) is 8.23. The van der Waals surface area contributed by atoms with Crippen molar-refractivity contribution in [2.24, 2.45) is 0 Å². The Morgan fingerprint density at radius 2 is 1.80 bits per heavy atom. The first-order valence-electron chi connectivity index (χ1n) is 7.75. The van der Waals surface area contributed by atoms with Gasteiger partial charge in [-0.1, -0.05) is 23.7 Å². The second-order valence-electron chi connectivity index (χ2n) is 5.70. The molecule has 134 valence electrons. The van der Waals surface area contributed by atoms with E-state index in [9.17, 15) is 4.79 Å². The van der Waals surface area contributed by atoms with Crippen LogP contribution in [0.1, 0.15) is 22.8 Å². The highest BCUT2D eigenvalue weighted by Crippen LogP contribution is 2.28. The smallest absolute Gasteiger partial charge is 0.251 e. The van der Waals surface area contributed by atoms with Crippen molar-refractivity contribution in [3.8, 4) is 11.5 Å². The molecule has 0 fully saturated rings. The van der Waals surface area contributed by atoms with Crippen molar-refractivity contribution in [3.63, 3.8) is 0 Å². The molecule has 1 atom stereocenters. The van der Waals surface area contributed by atoms with Gasteiger partial charge in [0.25, 0.3) is 5.91 Å². The van der Waals surface area contributed by atoms with Gasteiger partial charge in [0.15, 0.2) is 11.5 Å². The molecular formula is C19H22ClNO4. The fourth-order valence-electron chi connectivity index (χ4n) is 2.44. The van der Waals surface area contributed by atoms with Crippen molar-refractivity contribution in [2.45, 2.75) is 12.5 Å². The molecule has 0 aliphatic rings. The lowest BCUT2D eigenvalue weighted by molar-refractivity contribution is 0.00315. The van der Waals surface area contributed by atoms with Gasteiger partial charge >= 0.3 is 0 Å². The van der Waals surface area contributed by atoms with E-state index in [1.807, 2.05) is 25.1 Å². The lowest BCUT2D eigenvalue weighted by Crippen LogP contribution is -2.40. The first-order valence-corrected chi connectivity index (χ1v) is 8.12. The van der Waals surface area contributed by atoms with Crippen LogP contribution >= 0.6 is 11.6 Å². The Balaban J connectivity index is 2.14. The summed E-state index contributed by atoms with van der Waals surface area (Å²) < 4.78 is 16.0. The zero-order valence-corrected chi connectivity index (χ0v) is 15.5. The van der Waals surface area contributed by atoms with Gasteiger partial charge in [0.2, 0.25) is 0 Å². The second-order valence-corrected chi connectivity index (χ2v) is 6.13. The van der Waals surface area contributed by atoms with Crippen molar-refractivity contribution >= 4 is 17.5 Å². The Bertz CT molecular complexity index is 750. The molecular weight excluding hydrogens is 342 g/mol. The number of nitrogens with one attached hydrogen (secondary N) is 1. The third-order valence-corrected chi connectivity index (χ3v) is 4.35. The minimum Gasteiger partial charge on any atom is -0.493 e. The Morgan fingerprint density at radius 1 is 1.08 bits per heavy atom. The Labute approximate surface area is 152 Å². The standard InChI is InChI=1S/C19H22ClNO4/c1-19(25-4,14-6-5-7-15(20)11-14)12-21-18(22)13-8-9-16(23-2)17(10-13)24-3/h5-11H,12H2,1-4H3,(H,21,22). The third kappa shape index (κ3) is 4.44. The molecule has 2 aromatic carbocycles. The summed E-state index contributed by atoms with van der Waals surface area (Å²) in [6, 6.07) is 12.4. The van der Waals surface area contributed by atoms with Crippen molar-refractivity contribution in [3.05, 3.63) is 58.6 Å². The van der Waals surface area contributed by atoms with Crippen LogP contribution in [0.5, 0.6) is 11.5 Å². The Hall–Kier alpha value is -2.24. The molecule has 0 saturated heterocycles. The average Bonchev–Trinajstić information content (AvgIpc) is 2.65. The molecule has 0 heterocycles. The molecule has 1 amide bonds. The summed E-state index contributed by atoms with van der Waals surface area (Å²) in [5.41, 5.74) is 0.661. The van der Waals surface area contributed by atoms with Crippen LogP contribution in [-0.4, -0.2) is 33.8 Å². The lowest BCUT2D eigenvalue weighted by Gasteiger charge is -2.29. The van der Waals surface area contributed by atoms with Gasteiger partial charge < -0.3 is 19.5 Å². The van der Waals surface area contributed by atoms with E-state index in [-0.39, 0.29) is 12.5 Å². The number of benzene rings is 2. The van der Waals surface area contributed by atoms with Crippen LogP contribution in [0.4, 0.5) is 0 Å². The summed E-state index contributed by atoms with van der Waals surface area (Å²) in [7, 11) is 4.68. The molecule has 0 spiro atoms. The van der Waals surface area contributed by atoms with Crippen LogP contribution in [0.25, 0.3) is 0 Å². The number of hydrogen-bond donors (Lipinski definition) is 1. The minimum absolute atomic E-state index is 0.230. The van der Waals surface area contributed by atoms with Gasteiger partial charge in [-0.25, -0.2) is 0 Å². The quantitative estimate of drug-likeness (QED) is 0.815. The van der Waals surface area contributed by atoms with E-state index in [2.05, 4.69) is 5.32 Å². The Kier molecular flexibility index (Phi) is 6.28. The third-order valence-electron chi connectivity index (χ3n) is 4.12. The molecule has 2 aromatic rings. The molecule has 0 aromatic heterocycles. The lowest BCUT2D eigenvalue weighted by atomic mass is 9.95. The number of hydrogen-bond acceptors (Lipinski definition) is 4. The fraction of sp³-hybridized carbons (Fsp3) is 0.316. The van der Waals surface area contributed by atoms with E-state index in [0.29, 0.717) is 22.1 Å². The van der Waals surface area contributed by atoms with E-state index in [4.69, 9.17) is 25.8 Å². The van der Waals surface area contributed by atoms with E-state index in [1.54, 1.807) is 38.5 Å². The number of halogens is 1. The summed E-state index contributed by atoms with van der Waals surface area (Å²) in [5, 5.41) is 3.51. The van der Waals surface area contributed by atoms with Crippen molar-refractivity contribution in [2.75, 3.05) is 27.9 Å². The molecule has 1 unspecified atom stereocenters. The molecule has 0 saturated carbocycles. The maximum Gasteiger partial charge on any atom is 0.251 e. The van der Waals surface area contributed by atoms with E-state index in [0.717, 1.165) is 5.56 Å². The highest BCUT2D eigenvalue weighted by molar-refractivity contribution is 6.30. The Morgan fingerprint density at radius 3 is 2.40 bits per heavy atom. The first-order chi connectivity index (χ1) is 11.9. The largest absolute Gasteiger partial charge is 0.493 e. The average molecular weight is 364 g/mol. The molecule has 0 aliphatic carbocycles. The van der Waals surface area contributed by atoms with Gasteiger partial charge in [-0.15, -0.1) is 0 Å². The normalized spacial score (nSPS) is 13.0. The van der Waals surface area contributed by atoms with Gasteiger partial charge in [-0.2, -0.15) is 0 Å². The number of carbonyl (C=O) groups excluding carboxylic acids is 1. The maximum atomic E-state index is 12.5. The van der Waals surface area contributed by atoms with Gasteiger partial charge in [0, 0.05) is 17.7 Å². The van der Waals surface area contributed by atoms with Gasteiger partial charge in [0.1, 0.15) is 5.60 Å². The molecule has 0 aliphatic heterocycles. The van der Waals surface area contributed by atoms with E-state index in [1.165, 1.54) is 7.11 Å². The van der Waals surface area contributed by atoms with Crippen molar-refractivity contribution in [1.29, 1.82) is 0 Å². The number of amides is 1. The summed E-state index contributed by atoms with van der Waals surface area (Å²) >= 11 is 6.06. The van der Waals surface area contributed by atoms with E-state index >= 15 is 0 Å². The van der Waals surface area contributed by atoms with Crippen LogP contribution in [0, 0.1) is 0 Å². The van der Waals surface area contributed by atoms with Gasteiger partial charge in [-0.05, 0) is 42.8 Å². The molecule has 1 N–H and O–H groups in total. The summed E-state index contributed by atoms with van der Waals surface area (Å²) in [6.07, 6.45) is 0. The molecule has 6 heteroatoms. The molecule has 5 nitrogen and oxygen atoms in total. The zero-order chi connectivity index (χ0) is 18.4. The summed E-state index contributed by atoms with van der Waals surface area (Å²) in [4.78, 5) is 12.5. The predicted octanol–water partition coefficient (Wildman–Crippen LogP) is 3.65. The number of ether oxygens (including phenoxy) is 3. The monoisotopic (exact) mass is 363 g/mol.